The quantitative estimate of drug-likeness (QED) is 0.555. The van der Waals surface area contributed by atoms with Crippen LogP contribution in [-0.4, -0.2) is 22.6 Å². The first-order valence-electron chi connectivity index (χ1n) is 7.53. The average Bonchev–Trinajstić information content (AvgIpc) is 2.97. The molecule has 26 heavy (non-hydrogen) atoms. The van der Waals surface area contributed by atoms with Gasteiger partial charge in [-0.05, 0) is 46.3 Å². The second-order valence-corrected chi connectivity index (χ2v) is 8.11. The van der Waals surface area contributed by atoms with Crippen LogP contribution in [0.4, 0.5) is 8.78 Å². The van der Waals surface area contributed by atoms with E-state index in [2.05, 4.69) is 26.2 Å². The molecule has 0 aliphatic heterocycles. The average molecular weight is 459 g/mol. The highest BCUT2D eigenvalue weighted by Gasteiger charge is 2.31. The Bertz CT molecular complexity index is 947. The Morgan fingerprint density at radius 2 is 2.15 bits per heavy atom. The topological polar surface area (TPSA) is 62.2 Å². The Labute approximate surface area is 163 Å². The highest BCUT2D eigenvalue weighted by Crippen LogP contribution is 2.47. The van der Waals surface area contributed by atoms with Crippen LogP contribution < -0.4 is 5.32 Å². The summed E-state index contributed by atoms with van der Waals surface area (Å²) in [6.45, 7) is -0.309. The minimum absolute atomic E-state index is 0.114. The zero-order valence-electron chi connectivity index (χ0n) is 13.2. The summed E-state index contributed by atoms with van der Waals surface area (Å²) in [4.78, 5) is 16.5. The first-order chi connectivity index (χ1) is 12.3. The standard InChI is InChI=1S/C17H14BrF2N2O2PS/c18-14-10-7-9(4-5-13(10)26-15(14)17(19,20)25)16(24)22-12(8-23)11-3-1-2-6-21-11/h1-7,12,23H,8,25H2,(H,22,24). The van der Waals surface area contributed by atoms with Crippen LogP contribution in [0.15, 0.2) is 47.1 Å². The first kappa shape index (κ1) is 19.3. The molecule has 0 fully saturated rings. The molecule has 0 spiro atoms. The Morgan fingerprint density at radius 1 is 1.38 bits per heavy atom. The number of amides is 1. The summed E-state index contributed by atoms with van der Waals surface area (Å²) < 4.78 is 28.2. The number of nitrogens with one attached hydrogen (secondary N) is 1. The number of aliphatic hydroxyl groups is 1. The van der Waals surface area contributed by atoms with E-state index in [1.54, 1.807) is 42.6 Å². The molecule has 0 aliphatic rings. The summed E-state index contributed by atoms with van der Waals surface area (Å²) >= 11 is 4.17. The van der Waals surface area contributed by atoms with Crippen LogP contribution in [0.3, 0.4) is 0 Å². The highest BCUT2D eigenvalue weighted by molar-refractivity contribution is 9.10. The first-order valence-corrected chi connectivity index (χ1v) is 9.72. The molecule has 0 radical (unpaired) electrons. The number of carbonyl (C=O) groups excluding carboxylic acids is 1. The number of benzene rings is 1. The maximum absolute atomic E-state index is 13.6. The van der Waals surface area contributed by atoms with Crippen molar-refractivity contribution in [3.05, 3.63) is 63.2 Å². The number of halogens is 3. The minimum Gasteiger partial charge on any atom is -0.394 e. The van der Waals surface area contributed by atoms with Gasteiger partial charge < -0.3 is 10.4 Å². The SMILES string of the molecule is O=C(NC(CO)c1ccccn1)c1ccc2sc(C(F)(F)P)c(Br)c2c1. The van der Waals surface area contributed by atoms with Crippen molar-refractivity contribution >= 4 is 52.5 Å². The molecular weight excluding hydrogens is 445 g/mol. The van der Waals surface area contributed by atoms with Crippen LogP contribution in [-0.2, 0) is 5.66 Å². The van der Waals surface area contributed by atoms with E-state index in [1.807, 2.05) is 0 Å². The van der Waals surface area contributed by atoms with E-state index in [0.29, 0.717) is 21.3 Å². The van der Waals surface area contributed by atoms with Crippen LogP contribution in [0.25, 0.3) is 10.1 Å². The van der Waals surface area contributed by atoms with Crippen molar-refractivity contribution in [1.29, 1.82) is 0 Å². The van der Waals surface area contributed by atoms with Gasteiger partial charge in [0.05, 0.1) is 23.2 Å². The van der Waals surface area contributed by atoms with E-state index < -0.39 is 17.6 Å². The lowest BCUT2D eigenvalue weighted by molar-refractivity contribution is 0.0914. The van der Waals surface area contributed by atoms with Gasteiger partial charge in [-0.2, -0.15) is 8.78 Å². The molecule has 2 unspecified atom stereocenters. The lowest BCUT2D eigenvalue weighted by Crippen LogP contribution is -2.31. The Hall–Kier alpha value is -1.47. The summed E-state index contributed by atoms with van der Waals surface area (Å²) in [5.74, 6) is -0.422. The van der Waals surface area contributed by atoms with Gasteiger partial charge in [-0.3, -0.25) is 9.78 Å². The maximum atomic E-state index is 13.6. The van der Waals surface area contributed by atoms with Crippen molar-refractivity contribution < 1.29 is 18.7 Å². The smallest absolute Gasteiger partial charge is 0.293 e. The molecule has 3 rings (SSSR count). The van der Waals surface area contributed by atoms with E-state index in [9.17, 15) is 18.7 Å². The molecule has 4 nitrogen and oxygen atoms in total. The van der Waals surface area contributed by atoms with Crippen LogP contribution in [0.5, 0.6) is 0 Å². The lowest BCUT2D eigenvalue weighted by Gasteiger charge is -2.15. The molecule has 0 saturated carbocycles. The van der Waals surface area contributed by atoms with Gasteiger partial charge in [-0.25, -0.2) is 0 Å². The van der Waals surface area contributed by atoms with E-state index in [4.69, 9.17) is 0 Å². The second kappa shape index (κ2) is 7.64. The number of carbonyl (C=O) groups is 1. The molecule has 2 N–H and O–H groups in total. The van der Waals surface area contributed by atoms with Gasteiger partial charge in [0.2, 0.25) is 0 Å². The maximum Gasteiger partial charge on any atom is 0.293 e. The number of hydrogen-bond donors (Lipinski definition) is 2. The fourth-order valence-corrected chi connectivity index (χ4v) is 4.92. The number of alkyl halides is 2. The van der Waals surface area contributed by atoms with Crippen LogP contribution in [0.1, 0.15) is 27.0 Å². The van der Waals surface area contributed by atoms with E-state index >= 15 is 0 Å². The molecule has 2 aromatic heterocycles. The number of aliphatic hydroxyl groups excluding tert-OH is 1. The van der Waals surface area contributed by atoms with Crippen molar-refractivity contribution in [2.75, 3.05) is 6.61 Å². The Balaban J connectivity index is 1.90. The summed E-state index contributed by atoms with van der Waals surface area (Å²) in [5.41, 5.74) is -2.21. The van der Waals surface area contributed by atoms with Crippen LogP contribution >= 0.6 is 36.5 Å². The third kappa shape index (κ3) is 3.93. The van der Waals surface area contributed by atoms with Crippen molar-refractivity contribution in [1.82, 2.24) is 10.3 Å². The van der Waals surface area contributed by atoms with Gasteiger partial charge in [0.1, 0.15) is 0 Å². The third-order valence-corrected chi connectivity index (χ3v) is 6.57. The predicted molar refractivity (Wildman–Crippen MR) is 105 cm³/mol. The van der Waals surface area contributed by atoms with Gasteiger partial charge in [-0.1, -0.05) is 15.3 Å². The number of rotatable bonds is 5. The molecule has 136 valence electrons. The number of fused-ring (bicyclic) bond motifs is 1. The second-order valence-electron chi connectivity index (χ2n) is 5.54. The van der Waals surface area contributed by atoms with E-state index in [-0.39, 0.29) is 16.0 Å². The number of nitrogens with zero attached hydrogens (tertiary/aromatic N) is 1. The largest absolute Gasteiger partial charge is 0.394 e. The molecular formula is C17H14BrF2N2O2PS. The monoisotopic (exact) mass is 458 g/mol. The number of pyridine rings is 1. The van der Waals surface area contributed by atoms with Crippen molar-refractivity contribution in [2.24, 2.45) is 0 Å². The van der Waals surface area contributed by atoms with E-state index in [0.717, 1.165) is 11.3 Å². The van der Waals surface area contributed by atoms with Crippen LogP contribution in [0, 0.1) is 0 Å². The number of hydrogen-bond acceptors (Lipinski definition) is 4. The number of aromatic nitrogens is 1. The molecule has 3 aromatic rings. The summed E-state index contributed by atoms with van der Waals surface area (Å²) in [6.07, 6.45) is 1.57. The minimum atomic E-state index is -3.05. The molecule has 0 aliphatic carbocycles. The summed E-state index contributed by atoms with van der Waals surface area (Å²) in [6, 6.07) is 9.30. The fourth-order valence-electron chi connectivity index (χ4n) is 2.46. The third-order valence-electron chi connectivity index (χ3n) is 3.73. The number of thiophene rings is 1. The van der Waals surface area contributed by atoms with Gasteiger partial charge in [0.15, 0.2) is 0 Å². The zero-order valence-corrected chi connectivity index (χ0v) is 16.8. The lowest BCUT2D eigenvalue weighted by atomic mass is 10.1. The molecule has 9 heteroatoms. The highest BCUT2D eigenvalue weighted by atomic mass is 79.9. The normalized spacial score (nSPS) is 13.0. The van der Waals surface area contributed by atoms with Gasteiger partial charge in [0.25, 0.3) is 11.6 Å². The summed E-state index contributed by atoms with van der Waals surface area (Å²) in [5, 5.41) is 12.8. The molecule has 0 saturated heterocycles. The Kier molecular flexibility index (Phi) is 5.67. The zero-order chi connectivity index (χ0) is 18.9. The molecule has 0 bridgehead atoms. The van der Waals surface area contributed by atoms with Gasteiger partial charge in [-0.15, -0.1) is 11.3 Å². The Morgan fingerprint density at radius 3 is 2.77 bits per heavy atom. The van der Waals surface area contributed by atoms with Crippen LogP contribution in [0.2, 0.25) is 0 Å². The summed E-state index contributed by atoms with van der Waals surface area (Å²) in [7, 11) is 1.52. The van der Waals surface area contributed by atoms with Gasteiger partial charge in [0, 0.05) is 26.3 Å². The molecule has 1 aromatic carbocycles. The van der Waals surface area contributed by atoms with Crippen molar-refractivity contribution in [3.8, 4) is 0 Å². The van der Waals surface area contributed by atoms with Gasteiger partial charge >= 0.3 is 0 Å². The van der Waals surface area contributed by atoms with Crippen molar-refractivity contribution in [2.45, 2.75) is 11.7 Å². The fraction of sp³-hybridized carbons (Fsp3) is 0.176. The molecule has 1 amide bonds. The molecule has 2 heterocycles. The van der Waals surface area contributed by atoms with Crippen molar-refractivity contribution in [3.63, 3.8) is 0 Å². The predicted octanol–water partition coefficient (Wildman–Crippen LogP) is 4.45. The van der Waals surface area contributed by atoms with E-state index in [1.165, 1.54) is 9.24 Å². The molecule has 2 atom stereocenters.